The highest BCUT2D eigenvalue weighted by Gasteiger charge is 2.34. The van der Waals surface area contributed by atoms with E-state index in [0.717, 1.165) is 0 Å². The summed E-state index contributed by atoms with van der Waals surface area (Å²) in [6.45, 7) is 0.897. The lowest BCUT2D eigenvalue weighted by Gasteiger charge is -2.38. The van der Waals surface area contributed by atoms with Crippen molar-refractivity contribution in [2.24, 2.45) is 0 Å². The van der Waals surface area contributed by atoms with E-state index in [4.69, 9.17) is 9.47 Å². The molecular weight excluding hydrogens is 368 g/mol. The van der Waals surface area contributed by atoms with Gasteiger partial charge in [0.15, 0.2) is 0 Å². The zero-order valence-electron chi connectivity index (χ0n) is 14.4. The van der Waals surface area contributed by atoms with Crippen molar-refractivity contribution in [3.05, 3.63) is 64.2 Å². The maximum atomic E-state index is 12.9. The molecule has 8 nitrogen and oxygen atoms in total. The average Bonchev–Trinajstić information content (AvgIpc) is 3.17. The molecule has 9 heteroatoms. The van der Waals surface area contributed by atoms with Gasteiger partial charge >= 0.3 is 0 Å². The minimum Gasteiger partial charge on any atom is -0.496 e. The summed E-state index contributed by atoms with van der Waals surface area (Å²) in [4.78, 5) is 35.1. The van der Waals surface area contributed by atoms with Crippen LogP contribution in [0, 0.1) is 0 Å². The van der Waals surface area contributed by atoms with E-state index in [0.29, 0.717) is 29.7 Å². The van der Waals surface area contributed by atoms with Gasteiger partial charge in [0.2, 0.25) is 0 Å². The molecular formula is C18H16N4O4S. The van der Waals surface area contributed by atoms with Crippen LogP contribution >= 0.6 is 11.3 Å². The number of ether oxygens (including phenoxy) is 2. The molecule has 3 aromatic heterocycles. The monoisotopic (exact) mass is 384 g/mol. The topological polar surface area (TPSA) is 86.6 Å². The molecule has 0 bridgehead atoms. The minimum absolute atomic E-state index is 0.0900. The first-order valence-electron chi connectivity index (χ1n) is 8.23. The predicted molar refractivity (Wildman–Crippen MR) is 98.8 cm³/mol. The van der Waals surface area contributed by atoms with Gasteiger partial charge in [-0.1, -0.05) is 17.4 Å². The van der Waals surface area contributed by atoms with Crippen molar-refractivity contribution in [3.63, 3.8) is 0 Å². The van der Waals surface area contributed by atoms with Gasteiger partial charge in [0.25, 0.3) is 16.7 Å². The van der Waals surface area contributed by atoms with Crippen molar-refractivity contribution < 1.29 is 14.3 Å². The van der Waals surface area contributed by atoms with Crippen LogP contribution < -0.4 is 15.0 Å². The smallest absolute Gasteiger partial charge is 0.273 e. The van der Waals surface area contributed by atoms with E-state index < -0.39 is 0 Å². The van der Waals surface area contributed by atoms with Crippen molar-refractivity contribution in [2.45, 2.75) is 6.10 Å². The highest BCUT2D eigenvalue weighted by Crippen LogP contribution is 2.24. The van der Waals surface area contributed by atoms with E-state index in [1.807, 2.05) is 5.38 Å². The van der Waals surface area contributed by atoms with Crippen LogP contribution in [-0.2, 0) is 0 Å². The molecule has 0 atom stereocenters. The van der Waals surface area contributed by atoms with Crippen LogP contribution in [0.2, 0.25) is 0 Å². The quantitative estimate of drug-likeness (QED) is 0.664. The Balaban J connectivity index is 1.56. The summed E-state index contributed by atoms with van der Waals surface area (Å²) in [5, 5.41) is 2.43. The molecule has 0 saturated carbocycles. The summed E-state index contributed by atoms with van der Waals surface area (Å²) < 4.78 is 12.3. The third kappa shape index (κ3) is 3.41. The Morgan fingerprint density at radius 2 is 2.11 bits per heavy atom. The fourth-order valence-electron chi connectivity index (χ4n) is 2.78. The van der Waals surface area contributed by atoms with Gasteiger partial charge in [-0.25, -0.2) is 9.97 Å². The Bertz CT molecular complexity index is 998. The number of aromatic nitrogens is 3. The van der Waals surface area contributed by atoms with E-state index in [1.54, 1.807) is 35.5 Å². The molecule has 4 rings (SSSR count). The third-order valence-electron chi connectivity index (χ3n) is 4.17. The number of amides is 1. The van der Waals surface area contributed by atoms with Crippen molar-refractivity contribution in [3.8, 4) is 16.8 Å². The van der Waals surface area contributed by atoms with Crippen LogP contribution in [0.3, 0.4) is 0 Å². The highest BCUT2D eigenvalue weighted by molar-refractivity contribution is 7.11. The Morgan fingerprint density at radius 1 is 1.26 bits per heavy atom. The number of nitrogens with zero attached hydrogens (tertiary/aromatic N) is 4. The summed E-state index contributed by atoms with van der Waals surface area (Å²) in [5.74, 6) is 0.449. The van der Waals surface area contributed by atoms with Crippen LogP contribution in [0.4, 0.5) is 0 Å². The van der Waals surface area contributed by atoms with E-state index in [2.05, 4.69) is 9.97 Å². The predicted octanol–water partition coefficient (Wildman–Crippen LogP) is 1.60. The Hall–Kier alpha value is -3.20. The number of hydrogen-bond donors (Lipinski definition) is 0. The molecule has 0 N–H and O–H groups in total. The molecule has 1 aliphatic heterocycles. The number of carbonyl (C=O) groups is 1. The molecule has 0 aromatic carbocycles. The van der Waals surface area contributed by atoms with Gasteiger partial charge in [0, 0.05) is 30.0 Å². The first kappa shape index (κ1) is 17.2. The molecule has 138 valence electrons. The van der Waals surface area contributed by atoms with Crippen molar-refractivity contribution in [1.29, 1.82) is 0 Å². The van der Waals surface area contributed by atoms with Crippen LogP contribution in [-0.4, -0.2) is 51.6 Å². The van der Waals surface area contributed by atoms with Crippen LogP contribution in [0.25, 0.3) is 5.82 Å². The van der Waals surface area contributed by atoms with E-state index in [-0.39, 0.29) is 23.3 Å². The minimum atomic E-state index is -0.323. The molecule has 27 heavy (non-hydrogen) atoms. The second-order valence-corrected chi connectivity index (χ2v) is 6.76. The normalized spacial score (nSPS) is 13.9. The number of carbonyl (C=O) groups excluding carboxylic acids is 1. The zero-order chi connectivity index (χ0) is 18.8. The molecule has 1 fully saturated rings. The SMILES string of the molecule is COc1cc(=O)n(-c2ccccn2)cc1C(=O)N1CC(Oc2nccs2)C1. The second kappa shape index (κ2) is 7.20. The molecule has 1 aliphatic rings. The maximum Gasteiger partial charge on any atom is 0.273 e. The van der Waals surface area contributed by atoms with Gasteiger partial charge in [-0.15, -0.1) is 0 Å². The Labute approximate surface area is 158 Å². The van der Waals surface area contributed by atoms with Crippen LogP contribution in [0.5, 0.6) is 10.9 Å². The van der Waals surface area contributed by atoms with E-state index >= 15 is 0 Å². The summed E-state index contributed by atoms with van der Waals surface area (Å²) in [7, 11) is 1.43. The van der Waals surface area contributed by atoms with Gasteiger partial charge < -0.3 is 14.4 Å². The maximum absolute atomic E-state index is 12.9. The number of hydrogen-bond acceptors (Lipinski definition) is 7. The molecule has 0 aliphatic carbocycles. The van der Waals surface area contributed by atoms with E-state index in [9.17, 15) is 9.59 Å². The Morgan fingerprint density at radius 3 is 2.78 bits per heavy atom. The molecule has 1 amide bonds. The molecule has 1 saturated heterocycles. The summed E-state index contributed by atoms with van der Waals surface area (Å²) >= 11 is 1.41. The molecule has 0 radical (unpaired) electrons. The molecule has 4 heterocycles. The first-order chi connectivity index (χ1) is 13.2. The average molecular weight is 384 g/mol. The molecule has 3 aromatic rings. The Kier molecular flexibility index (Phi) is 4.59. The lowest BCUT2D eigenvalue weighted by molar-refractivity contribution is 0.0174. The fourth-order valence-corrected chi connectivity index (χ4v) is 3.33. The van der Waals surface area contributed by atoms with Gasteiger partial charge in [-0.05, 0) is 12.1 Å². The summed E-state index contributed by atoms with van der Waals surface area (Å²) in [5.41, 5.74) is -0.0221. The van der Waals surface area contributed by atoms with Crippen molar-refractivity contribution in [1.82, 2.24) is 19.4 Å². The van der Waals surface area contributed by atoms with E-state index in [1.165, 1.54) is 35.3 Å². The van der Waals surface area contributed by atoms with Gasteiger partial charge in [-0.2, -0.15) is 0 Å². The van der Waals surface area contributed by atoms with Gasteiger partial charge in [0.05, 0.1) is 25.8 Å². The number of thiazole rings is 1. The third-order valence-corrected chi connectivity index (χ3v) is 4.84. The number of pyridine rings is 2. The lowest BCUT2D eigenvalue weighted by Crippen LogP contribution is -2.56. The van der Waals surface area contributed by atoms with Crippen molar-refractivity contribution >= 4 is 17.2 Å². The first-order valence-corrected chi connectivity index (χ1v) is 9.11. The number of methoxy groups -OCH3 is 1. The molecule has 0 unspecified atom stereocenters. The van der Waals surface area contributed by atoms with Crippen LogP contribution in [0.1, 0.15) is 10.4 Å². The number of rotatable bonds is 5. The number of likely N-dealkylation sites (tertiary alicyclic amines) is 1. The van der Waals surface area contributed by atoms with Crippen molar-refractivity contribution in [2.75, 3.05) is 20.2 Å². The van der Waals surface area contributed by atoms with Crippen LogP contribution in [0.15, 0.2) is 53.0 Å². The second-order valence-electron chi connectivity index (χ2n) is 5.90. The summed E-state index contributed by atoms with van der Waals surface area (Å²) in [6, 6.07) is 6.53. The van der Waals surface area contributed by atoms with Gasteiger partial charge in [-0.3, -0.25) is 14.2 Å². The zero-order valence-corrected chi connectivity index (χ0v) is 15.3. The molecule has 0 spiro atoms. The lowest BCUT2D eigenvalue weighted by atomic mass is 10.1. The largest absolute Gasteiger partial charge is 0.496 e. The standard InChI is InChI=1S/C18H16N4O4S/c1-25-14-8-16(23)22(15-4-2-3-5-19-15)11-13(14)17(24)21-9-12(10-21)26-18-20-6-7-27-18/h2-8,11-12H,9-10H2,1H3. The highest BCUT2D eigenvalue weighted by atomic mass is 32.1. The fraction of sp³-hybridized carbons (Fsp3) is 0.222. The van der Waals surface area contributed by atoms with Gasteiger partial charge in [0.1, 0.15) is 17.7 Å². The summed E-state index contributed by atoms with van der Waals surface area (Å²) in [6.07, 6.45) is 4.64.